The van der Waals surface area contributed by atoms with E-state index >= 15 is 0 Å². The Hall–Kier alpha value is -2.52. The van der Waals surface area contributed by atoms with Crippen molar-refractivity contribution >= 4 is 32.7 Å². The Morgan fingerprint density at radius 2 is 1.92 bits per heavy atom. The highest BCUT2D eigenvalue weighted by atomic mass is 32.2. The van der Waals surface area contributed by atoms with Crippen molar-refractivity contribution in [2.45, 2.75) is 31.2 Å². The molecule has 25 heavy (non-hydrogen) atoms. The monoisotopic (exact) mass is 365 g/mol. The first-order valence-electron chi connectivity index (χ1n) is 7.55. The summed E-state index contributed by atoms with van der Waals surface area (Å²) in [5.74, 6) is -1.77. The van der Waals surface area contributed by atoms with Crippen LogP contribution in [0.4, 0.5) is 0 Å². The molecule has 0 bridgehead atoms. The third kappa shape index (κ3) is 4.31. The number of hydrogen-bond acceptors (Lipinski definition) is 5. The Kier molecular flexibility index (Phi) is 5.39. The van der Waals surface area contributed by atoms with Crippen molar-refractivity contribution in [2.75, 3.05) is 0 Å². The average Bonchev–Trinajstić information content (AvgIpc) is 2.51. The van der Waals surface area contributed by atoms with Crippen LogP contribution in [0, 0.1) is 5.92 Å². The number of hydrogen-bond donors (Lipinski definition) is 3. The molecule has 134 valence electrons. The average molecular weight is 365 g/mol. The van der Waals surface area contributed by atoms with Crippen molar-refractivity contribution in [3.05, 3.63) is 36.2 Å². The molecule has 2 rings (SSSR count). The number of carbonyl (C=O) groups is 2. The molecule has 9 heteroatoms. The highest BCUT2D eigenvalue weighted by Gasteiger charge is 2.24. The molecule has 0 aliphatic heterocycles. The Morgan fingerprint density at radius 3 is 2.48 bits per heavy atom. The summed E-state index contributed by atoms with van der Waals surface area (Å²) in [5, 5.41) is 17.4. The molecule has 0 saturated heterocycles. The summed E-state index contributed by atoms with van der Waals surface area (Å²) in [6.45, 7) is 3.69. The number of nitrogens with one attached hydrogen (secondary N) is 1. The molecule has 8 nitrogen and oxygen atoms in total. The van der Waals surface area contributed by atoms with E-state index in [4.69, 9.17) is 5.14 Å². The number of benzene rings is 1. The second-order valence-electron chi connectivity index (χ2n) is 6.05. The summed E-state index contributed by atoms with van der Waals surface area (Å²) in [7, 11) is -3.98. The van der Waals surface area contributed by atoms with Crippen LogP contribution in [0.1, 0.15) is 30.8 Å². The van der Waals surface area contributed by atoms with Gasteiger partial charge in [-0.15, -0.1) is 0 Å². The molecule has 0 aliphatic rings. The first-order valence-corrected chi connectivity index (χ1v) is 9.10. The smallest absolute Gasteiger partial charge is 0.326 e. The van der Waals surface area contributed by atoms with Gasteiger partial charge in [-0.1, -0.05) is 26.0 Å². The van der Waals surface area contributed by atoms with E-state index in [1.165, 1.54) is 30.5 Å². The fourth-order valence-corrected chi connectivity index (χ4v) is 3.28. The Balaban J connectivity index is 2.47. The summed E-state index contributed by atoms with van der Waals surface area (Å²) in [5.41, 5.74) is -0.0574. The number of carbonyl (C=O) groups excluding carboxylic acids is 1. The lowest BCUT2D eigenvalue weighted by Crippen LogP contribution is -2.42. The summed E-state index contributed by atoms with van der Waals surface area (Å²) in [4.78, 5) is 27.7. The van der Waals surface area contributed by atoms with Crippen LogP contribution in [-0.4, -0.2) is 36.4 Å². The van der Waals surface area contributed by atoms with E-state index in [1.54, 1.807) is 0 Å². The van der Waals surface area contributed by atoms with E-state index in [-0.39, 0.29) is 33.7 Å². The van der Waals surface area contributed by atoms with Gasteiger partial charge in [-0.05, 0) is 24.5 Å². The molecule has 1 atom stereocenters. The zero-order chi connectivity index (χ0) is 18.8. The lowest BCUT2D eigenvalue weighted by molar-refractivity contribution is -0.139. The molecule has 0 saturated carbocycles. The lowest BCUT2D eigenvalue weighted by Gasteiger charge is -2.17. The van der Waals surface area contributed by atoms with Crippen LogP contribution >= 0.6 is 0 Å². The minimum Gasteiger partial charge on any atom is -0.480 e. The number of pyridine rings is 1. The molecule has 0 spiro atoms. The quantitative estimate of drug-likeness (QED) is 0.700. The normalized spacial score (nSPS) is 13.0. The lowest BCUT2D eigenvalue weighted by atomic mass is 10.0. The van der Waals surface area contributed by atoms with Gasteiger partial charge in [0.25, 0.3) is 5.91 Å². The molecule has 1 amide bonds. The van der Waals surface area contributed by atoms with Crippen LogP contribution < -0.4 is 10.5 Å². The molecule has 1 aromatic heterocycles. The molecule has 1 heterocycles. The van der Waals surface area contributed by atoms with E-state index in [0.29, 0.717) is 0 Å². The Bertz CT molecular complexity index is 925. The summed E-state index contributed by atoms with van der Waals surface area (Å²) in [6, 6.07) is 4.69. The van der Waals surface area contributed by atoms with Gasteiger partial charge in [0, 0.05) is 17.0 Å². The number of rotatable bonds is 6. The predicted octanol–water partition coefficient (Wildman–Crippen LogP) is 1.11. The molecule has 4 N–H and O–H groups in total. The molecular weight excluding hydrogens is 346 g/mol. The van der Waals surface area contributed by atoms with Crippen molar-refractivity contribution < 1.29 is 23.1 Å². The molecular formula is C16H19N3O5S. The highest BCUT2D eigenvalue weighted by molar-refractivity contribution is 7.89. The summed E-state index contributed by atoms with van der Waals surface area (Å²) >= 11 is 0. The van der Waals surface area contributed by atoms with E-state index in [0.717, 1.165) is 0 Å². The van der Waals surface area contributed by atoms with Crippen LogP contribution in [0.5, 0.6) is 0 Å². The number of carboxylic acids is 1. The van der Waals surface area contributed by atoms with Crippen LogP contribution in [0.15, 0.2) is 35.4 Å². The first kappa shape index (κ1) is 18.8. The van der Waals surface area contributed by atoms with E-state index < -0.39 is 27.9 Å². The molecule has 1 unspecified atom stereocenters. The van der Waals surface area contributed by atoms with Gasteiger partial charge in [0.2, 0.25) is 10.0 Å². The van der Waals surface area contributed by atoms with Crippen LogP contribution in [0.3, 0.4) is 0 Å². The fraction of sp³-hybridized carbons (Fsp3) is 0.312. The largest absolute Gasteiger partial charge is 0.480 e. The minimum atomic E-state index is -3.98. The van der Waals surface area contributed by atoms with Gasteiger partial charge in [0.05, 0.1) is 4.90 Å². The molecule has 0 aliphatic carbocycles. The zero-order valence-electron chi connectivity index (χ0n) is 13.8. The van der Waals surface area contributed by atoms with Crippen LogP contribution in [0.2, 0.25) is 0 Å². The standard InChI is InChI=1S/C16H19N3O5S/c1-9(2)8-12(16(21)22)19-15(20)14-11-4-3-5-13(25(17,23)24)10(11)6-7-18-14/h3-7,9,12H,8H2,1-2H3,(H,19,20)(H,21,22)(H2,17,23,24). The van der Waals surface area contributed by atoms with Crippen molar-refractivity contribution in [3.63, 3.8) is 0 Å². The molecule has 1 aromatic carbocycles. The minimum absolute atomic E-state index is 0.0574. The van der Waals surface area contributed by atoms with E-state index in [1.807, 2.05) is 13.8 Å². The second kappa shape index (κ2) is 7.16. The first-order chi connectivity index (χ1) is 11.6. The fourth-order valence-electron chi connectivity index (χ4n) is 2.53. The summed E-state index contributed by atoms with van der Waals surface area (Å²) in [6.07, 6.45) is 1.54. The number of nitrogens with two attached hydrogens (primary N) is 1. The molecule has 0 fully saturated rings. The van der Waals surface area contributed by atoms with Gasteiger partial charge in [-0.2, -0.15) is 0 Å². The van der Waals surface area contributed by atoms with Gasteiger partial charge >= 0.3 is 5.97 Å². The van der Waals surface area contributed by atoms with Crippen molar-refractivity contribution in [1.29, 1.82) is 0 Å². The van der Waals surface area contributed by atoms with Gasteiger partial charge < -0.3 is 10.4 Å². The van der Waals surface area contributed by atoms with E-state index in [9.17, 15) is 23.1 Å². The number of carboxylic acid groups (broad SMARTS) is 1. The summed E-state index contributed by atoms with van der Waals surface area (Å²) < 4.78 is 23.4. The van der Waals surface area contributed by atoms with Crippen molar-refractivity contribution in [3.8, 4) is 0 Å². The predicted molar refractivity (Wildman–Crippen MR) is 91.5 cm³/mol. The number of amides is 1. The second-order valence-corrected chi connectivity index (χ2v) is 7.58. The van der Waals surface area contributed by atoms with Gasteiger partial charge in [-0.25, -0.2) is 18.4 Å². The molecule has 2 aromatic rings. The Labute approximate surface area is 145 Å². The van der Waals surface area contributed by atoms with Gasteiger partial charge in [0.1, 0.15) is 11.7 Å². The van der Waals surface area contributed by atoms with E-state index in [2.05, 4.69) is 10.3 Å². The van der Waals surface area contributed by atoms with Crippen LogP contribution in [0.25, 0.3) is 10.8 Å². The number of fused-ring (bicyclic) bond motifs is 1. The number of primary sulfonamides is 1. The SMILES string of the molecule is CC(C)CC(NC(=O)c1nccc2c(S(N)(=O)=O)cccc12)C(=O)O. The number of aliphatic carboxylic acids is 1. The molecule has 0 radical (unpaired) electrons. The third-order valence-corrected chi connectivity index (χ3v) is 4.57. The highest BCUT2D eigenvalue weighted by Crippen LogP contribution is 2.24. The maximum atomic E-state index is 12.5. The third-order valence-electron chi connectivity index (χ3n) is 3.60. The topological polar surface area (TPSA) is 139 Å². The maximum absolute atomic E-state index is 12.5. The van der Waals surface area contributed by atoms with Gasteiger partial charge in [0.15, 0.2) is 0 Å². The number of aromatic nitrogens is 1. The van der Waals surface area contributed by atoms with Gasteiger partial charge in [-0.3, -0.25) is 9.78 Å². The zero-order valence-corrected chi connectivity index (χ0v) is 14.6. The van der Waals surface area contributed by atoms with Crippen molar-refractivity contribution in [2.24, 2.45) is 11.1 Å². The number of sulfonamides is 1. The maximum Gasteiger partial charge on any atom is 0.326 e. The Morgan fingerprint density at radius 1 is 1.24 bits per heavy atom. The van der Waals surface area contributed by atoms with Crippen LogP contribution in [-0.2, 0) is 14.8 Å². The van der Waals surface area contributed by atoms with Crippen molar-refractivity contribution in [1.82, 2.24) is 10.3 Å². The number of nitrogens with zero attached hydrogens (tertiary/aromatic N) is 1.